The van der Waals surface area contributed by atoms with Gasteiger partial charge in [-0.2, -0.15) is 0 Å². The van der Waals surface area contributed by atoms with E-state index in [9.17, 15) is 4.79 Å². The topological polar surface area (TPSA) is 17.1 Å². The van der Waals surface area contributed by atoms with Gasteiger partial charge in [-0.3, -0.25) is 4.79 Å². The molecule has 2 saturated carbocycles. The molecule has 80 valence electrons. The van der Waals surface area contributed by atoms with Crippen LogP contribution in [0.3, 0.4) is 0 Å². The van der Waals surface area contributed by atoms with Gasteiger partial charge in [-0.1, -0.05) is 38.5 Å². The molecule has 0 aliphatic heterocycles. The SMILES string of the molecule is O=C1C(Cl)C2CCCCCCCCC12. The Morgan fingerprint density at radius 2 is 1.50 bits per heavy atom. The predicted molar refractivity (Wildman–Crippen MR) is 58.6 cm³/mol. The summed E-state index contributed by atoms with van der Waals surface area (Å²) in [6.45, 7) is 0. The Bertz CT molecular complexity index is 214. The molecule has 0 spiro atoms. The van der Waals surface area contributed by atoms with E-state index >= 15 is 0 Å². The second-order valence-corrected chi connectivity index (χ2v) is 5.24. The normalized spacial score (nSPS) is 39.8. The molecular weight excluding hydrogens is 196 g/mol. The molecule has 0 amide bonds. The van der Waals surface area contributed by atoms with E-state index in [1.54, 1.807) is 0 Å². The first kappa shape index (κ1) is 10.5. The molecule has 1 nitrogen and oxygen atoms in total. The van der Waals surface area contributed by atoms with Crippen molar-refractivity contribution in [3.63, 3.8) is 0 Å². The van der Waals surface area contributed by atoms with Crippen molar-refractivity contribution in [2.45, 2.75) is 56.7 Å². The number of alkyl halides is 1. The van der Waals surface area contributed by atoms with Gasteiger partial charge in [0, 0.05) is 5.92 Å². The van der Waals surface area contributed by atoms with Crippen LogP contribution in [0.1, 0.15) is 51.4 Å². The first-order valence-electron chi connectivity index (χ1n) is 5.98. The van der Waals surface area contributed by atoms with Gasteiger partial charge >= 0.3 is 0 Å². The highest BCUT2D eigenvalue weighted by Crippen LogP contribution is 2.42. The highest BCUT2D eigenvalue weighted by molar-refractivity contribution is 6.34. The lowest BCUT2D eigenvalue weighted by Gasteiger charge is -2.40. The molecule has 2 heteroatoms. The first-order valence-corrected chi connectivity index (χ1v) is 6.42. The minimum absolute atomic E-state index is 0.139. The summed E-state index contributed by atoms with van der Waals surface area (Å²) in [6.07, 6.45) is 10.2. The third-order valence-electron chi connectivity index (χ3n) is 3.83. The smallest absolute Gasteiger partial charge is 0.154 e. The van der Waals surface area contributed by atoms with Gasteiger partial charge in [0.15, 0.2) is 5.78 Å². The van der Waals surface area contributed by atoms with E-state index in [2.05, 4.69) is 0 Å². The number of carbonyl (C=O) groups is 1. The molecule has 0 N–H and O–H groups in total. The molecule has 3 unspecified atom stereocenters. The Hall–Kier alpha value is -0.0400. The predicted octanol–water partition coefficient (Wildman–Crippen LogP) is 3.54. The van der Waals surface area contributed by atoms with Gasteiger partial charge in [0.1, 0.15) is 0 Å². The van der Waals surface area contributed by atoms with E-state index in [0.717, 1.165) is 6.42 Å². The summed E-state index contributed by atoms with van der Waals surface area (Å²) in [5.41, 5.74) is 0. The molecule has 2 aliphatic rings. The maximum absolute atomic E-state index is 11.5. The van der Waals surface area contributed by atoms with Gasteiger partial charge in [0.2, 0.25) is 0 Å². The Labute approximate surface area is 91.2 Å². The van der Waals surface area contributed by atoms with E-state index in [-0.39, 0.29) is 5.38 Å². The van der Waals surface area contributed by atoms with E-state index in [1.165, 1.54) is 44.9 Å². The number of hydrogen-bond donors (Lipinski definition) is 0. The highest BCUT2D eigenvalue weighted by atomic mass is 35.5. The highest BCUT2D eigenvalue weighted by Gasteiger charge is 2.47. The van der Waals surface area contributed by atoms with Crippen molar-refractivity contribution >= 4 is 17.4 Å². The number of hydrogen-bond acceptors (Lipinski definition) is 1. The van der Waals surface area contributed by atoms with Crippen molar-refractivity contribution in [3.05, 3.63) is 0 Å². The van der Waals surface area contributed by atoms with Crippen molar-refractivity contribution in [3.8, 4) is 0 Å². The van der Waals surface area contributed by atoms with Crippen molar-refractivity contribution < 1.29 is 4.79 Å². The van der Waals surface area contributed by atoms with E-state index in [0.29, 0.717) is 17.6 Å². The summed E-state index contributed by atoms with van der Waals surface area (Å²) >= 11 is 6.04. The number of ketones is 1. The number of fused-ring (bicyclic) bond motifs is 1. The molecule has 3 atom stereocenters. The van der Waals surface area contributed by atoms with Crippen LogP contribution in [0.4, 0.5) is 0 Å². The van der Waals surface area contributed by atoms with E-state index in [4.69, 9.17) is 11.6 Å². The van der Waals surface area contributed by atoms with Gasteiger partial charge < -0.3 is 0 Å². The molecule has 14 heavy (non-hydrogen) atoms. The monoisotopic (exact) mass is 214 g/mol. The molecule has 0 bridgehead atoms. The van der Waals surface area contributed by atoms with Crippen LogP contribution in [-0.2, 0) is 4.79 Å². The average molecular weight is 215 g/mol. The Kier molecular flexibility index (Phi) is 3.48. The average Bonchev–Trinajstić information content (AvgIpc) is 2.23. The third-order valence-corrected chi connectivity index (χ3v) is 4.37. The lowest BCUT2D eigenvalue weighted by Crippen LogP contribution is -2.48. The number of carbonyl (C=O) groups excluding carboxylic acids is 1. The molecule has 0 aromatic heterocycles. The fourth-order valence-corrected chi connectivity index (χ4v) is 3.33. The zero-order valence-corrected chi connectivity index (χ0v) is 9.43. The minimum Gasteiger partial charge on any atom is -0.298 e. The third kappa shape index (κ3) is 1.98. The van der Waals surface area contributed by atoms with Crippen LogP contribution >= 0.6 is 11.6 Å². The molecule has 0 heterocycles. The second kappa shape index (κ2) is 4.65. The Balaban J connectivity index is 1.90. The van der Waals surface area contributed by atoms with E-state index in [1.807, 2.05) is 0 Å². The van der Waals surface area contributed by atoms with Crippen LogP contribution in [0.25, 0.3) is 0 Å². The Morgan fingerprint density at radius 1 is 0.929 bits per heavy atom. The van der Waals surface area contributed by atoms with Gasteiger partial charge in [-0.25, -0.2) is 0 Å². The summed E-state index contributed by atoms with van der Waals surface area (Å²) in [4.78, 5) is 11.5. The molecule has 0 saturated heterocycles. The first-order chi connectivity index (χ1) is 6.80. The van der Waals surface area contributed by atoms with Crippen LogP contribution in [0, 0.1) is 11.8 Å². The summed E-state index contributed by atoms with van der Waals surface area (Å²) in [6, 6.07) is 0. The maximum atomic E-state index is 11.5. The summed E-state index contributed by atoms with van der Waals surface area (Å²) in [5.74, 6) is 1.18. The fraction of sp³-hybridized carbons (Fsp3) is 0.917. The van der Waals surface area contributed by atoms with Crippen LogP contribution in [-0.4, -0.2) is 11.2 Å². The van der Waals surface area contributed by atoms with Gasteiger partial charge in [0.05, 0.1) is 5.38 Å². The van der Waals surface area contributed by atoms with Crippen molar-refractivity contribution in [1.29, 1.82) is 0 Å². The second-order valence-electron chi connectivity index (χ2n) is 4.77. The zero-order chi connectivity index (χ0) is 9.97. The molecule has 2 rings (SSSR count). The van der Waals surface area contributed by atoms with Crippen LogP contribution in [0.2, 0.25) is 0 Å². The van der Waals surface area contributed by atoms with Gasteiger partial charge in [-0.05, 0) is 18.8 Å². The van der Waals surface area contributed by atoms with Crippen molar-refractivity contribution in [2.24, 2.45) is 11.8 Å². The van der Waals surface area contributed by atoms with Crippen LogP contribution < -0.4 is 0 Å². The van der Waals surface area contributed by atoms with Gasteiger partial charge in [0.25, 0.3) is 0 Å². The number of Topliss-reactive ketones (excluding diaryl/α,β-unsaturated/α-hetero) is 1. The maximum Gasteiger partial charge on any atom is 0.154 e. The lowest BCUT2D eigenvalue weighted by atomic mass is 9.67. The molecule has 2 fully saturated rings. The molecule has 0 aromatic carbocycles. The molecule has 0 aromatic rings. The molecular formula is C12H19ClO. The standard InChI is InChI=1S/C12H19ClO/c13-11-9-7-5-3-1-2-4-6-8-10(9)12(11)14/h9-11H,1-8H2. The van der Waals surface area contributed by atoms with E-state index < -0.39 is 0 Å². The zero-order valence-electron chi connectivity index (χ0n) is 8.68. The molecule has 2 aliphatic carbocycles. The quantitative estimate of drug-likeness (QED) is 0.564. The largest absolute Gasteiger partial charge is 0.298 e. The van der Waals surface area contributed by atoms with Crippen molar-refractivity contribution in [2.75, 3.05) is 0 Å². The summed E-state index contributed by atoms with van der Waals surface area (Å²) in [7, 11) is 0. The number of halogens is 1. The molecule has 0 radical (unpaired) electrons. The van der Waals surface area contributed by atoms with Crippen molar-refractivity contribution in [1.82, 2.24) is 0 Å². The summed E-state index contributed by atoms with van der Waals surface area (Å²) in [5, 5.41) is -0.139. The fourth-order valence-electron chi connectivity index (χ4n) is 2.87. The summed E-state index contributed by atoms with van der Waals surface area (Å²) < 4.78 is 0. The number of rotatable bonds is 0. The minimum atomic E-state index is -0.139. The Morgan fingerprint density at radius 3 is 2.21 bits per heavy atom. The lowest BCUT2D eigenvalue weighted by molar-refractivity contribution is -0.134. The van der Waals surface area contributed by atoms with Gasteiger partial charge in [-0.15, -0.1) is 11.6 Å². The van der Waals surface area contributed by atoms with Crippen LogP contribution in [0.5, 0.6) is 0 Å². The van der Waals surface area contributed by atoms with Crippen LogP contribution in [0.15, 0.2) is 0 Å².